The van der Waals surface area contributed by atoms with Gasteiger partial charge in [0.05, 0.1) is 10.8 Å². The maximum Gasteiger partial charge on any atom is 0.253 e. The van der Waals surface area contributed by atoms with Crippen LogP contribution >= 0.6 is 11.8 Å². The third kappa shape index (κ3) is 6.55. The molecule has 2 amide bonds. The van der Waals surface area contributed by atoms with Crippen LogP contribution in [-0.2, 0) is 14.8 Å². The monoisotopic (exact) mass is 490 g/mol. The second-order valence-corrected chi connectivity index (χ2v) is 10.6. The molecule has 1 aliphatic heterocycles. The number of rotatable bonds is 9. The normalized spacial score (nSPS) is 14.6. The molecule has 1 aliphatic rings. The van der Waals surface area contributed by atoms with E-state index in [2.05, 4.69) is 10.3 Å². The summed E-state index contributed by atoms with van der Waals surface area (Å²) >= 11 is 1.22. The van der Waals surface area contributed by atoms with Gasteiger partial charge in [-0.2, -0.15) is 4.31 Å². The van der Waals surface area contributed by atoms with Crippen LogP contribution in [0.1, 0.15) is 43.5 Å². The molecule has 2 aromatic rings. The van der Waals surface area contributed by atoms with Crippen LogP contribution in [0.2, 0.25) is 0 Å². The molecule has 0 unspecified atom stereocenters. The van der Waals surface area contributed by atoms with E-state index in [-0.39, 0.29) is 22.5 Å². The van der Waals surface area contributed by atoms with Gasteiger partial charge in [-0.15, -0.1) is 0 Å². The first kappa shape index (κ1) is 25.2. The van der Waals surface area contributed by atoms with Crippen molar-refractivity contribution in [3.05, 3.63) is 48.2 Å². The van der Waals surface area contributed by atoms with E-state index < -0.39 is 10.0 Å². The van der Waals surface area contributed by atoms with Gasteiger partial charge in [0.1, 0.15) is 4.90 Å². The maximum atomic E-state index is 12.7. The van der Waals surface area contributed by atoms with Gasteiger partial charge in [-0.05, 0) is 57.0 Å². The van der Waals surface area contributed by atoms with E-state index in [0.29, 0.717) is 42.5 Å². The predicted molar refractivity (Wildman–Crippen MR) is 130 cm³/mol. The highest BCUT2D eigenvalue weighted by Crippen LogP contribution is 2.23. The zero-order valence-electron chi connectivity index (χ0n) is 19.0. The summed E-state index contributed by atoms with van der Waals surface area (Å²) in [5.41, 5.74) is 1.07. The average Bonchev–Trinajstić information content (AvgIpc) is 2.84. The summed E-state index contributed by atoms with van der Waals surface area (Å²) in [6.45, 7) is 6.17. The smallest absolute Gasteiger partial charge is 0.253 e. The fourth-order valence-corrected chi connectivity index (χ4v) is 5.72. The molecule has 178 valence electrons. The average molecular weight is 491 g/mol. The van der Waals surface area contributed by atoms with Crippen molar-refractivity contribution in [2.45, 2.75) is 43.0 Å². The second-order valence-electron chi connectivity index (χ2n) is 7.69. The van der Waals surface area contributed by atoms with Crippen LogP contribution in [0.15, 0.2) is 52.5 Å². The SMILES string of the molecule is CCN(CC)C(=O)c1cccc(NC(=O)CSc2ccc(S(=O)(=O)N3CCCCC3)cn2)c1. The number of pyridine rings is 1. The maximum absolute atomic E-state index is 12.7. The molecule has 10 heteroatoms. The van der Waals surface area contributed by atoms with Gasteiger partial charge in [-0.3, -0.25) is 9.59 Å². The fraction of sp³-hybridized carbons (Fsp3) is 0.435. The van der Waals surface area contributed by atoms with Crippen molar-refractivity contribution in [1.29, 1.82) is 0 Å². The predicted octanol–water partition coefficient (Wildman–Crippen LogP) is 3.47. The molecular weight excluding hydrogens is 460 g/mol. The van der Waals surface area contributed by atoms with E-state index in [0.717, 1.165) is 19.3 Å². The number of carbonyl (C=O) groups is 2. The molecular formula is C23H30N4O4S2. The number of aromatic nitrogens is 1. The highest BCUT2D eigenvalue weighted by atomic mass is 32.2. The minimum Gasteiger partial charge on any atom is -0.339 e. The van der Waals surface area contributed by atoms with E-state index in [1.54, 1.807) is 41.3 Å². The summed E-state index contributed by atoms with van der Waals surface area (Å²) in [6, 6.07) is 10.0. The highest BCUT2D eigenvalue weighted by Gasteiger charge is 2.26. The summed E-state index contributed by atoms with van der Waals surface area (Å²) < 4.78 is 26.9. The lowest BCUT2D eigenvalue weighted by molar-refractivity contribution is -0.113. The lowest BCUT2D eigenvalue weighted by Crippen LogP contribution is -2.35. The minimum absolute atomic E-state index is 0.0748. The molecule has 8 nitrogen and oxygen atoms in total. The quantitative estimate of drug-likeness (QED) is 0.541. The number of nitrogens with zero attached hydrogens (tertiary/aromatic N) is 3. The van der Waals surface area contributed by atoms with Crippen LogP contribution in [0.4, 0.5) is 5.69 Å². The van der Waals surface area contributed by atoms with Crippen molar-refractivity contribution >= 4 is 39.3 Å². The van der Waals surface area contributed by atoms with Gasteiger partial charge in [-0.1, -0.05) is 24.2 Å². The van der Waals surface area contributed by atoms with Gasteiger partial charge in [0.25, 0.3) is 5.91 Å². The van der Waals surface area contributed by atoms with Crippen LogP contribution in [0, 0.1) is 0 Å². The van der Waals surface area contributed by atoms with Gasteiger partial charge in [0.2, 0.25) is 15.9 Å². The van der Waals surface area contributed by atoms with Gasteiger partial charge in [0.15, 0.2) is 0 Å². The molecule has 1 N–H and O–H groups in total. The van der Waals surface area contributed by atoms with Crippen molar-refractivity contribution < 1.29 is 18.0 Å². The Morgan fingerprint density at radius 2 is 1.82 bits per heavy atom. The number of nitrogens with one attached hydrogen (secondary N) is 1. The molecule has 1 saturated heterocycles. The van der Waals surface area contributed by atoms with E-state index in [1.165, 1.54) is 22.3 Å². The van der Waals surface area contributed by atoms with Gasteiger partial charge in [-0.25, -0.2) is 13.4 Å². The number of benzene rings is 1. The molecule has 1 aromatic heterocycles. The number of piperidine rings is 1. The van der Waals surface area contributed by atoms with Crippen molar-refractivity contribution in [2.24, 2.45) is 0 Å². The zero-order valence-corrected chi connectivity index (χ0v) is 20.6. The molecule has 0 bridgehead atoms. The lowest BCUT2D eigenvalue weighted by atomic mass is 10.1. The number of carbonyl (C=O) groups excluding carboxylic acids is 2. The topological polar surface area (TPSA) is 99.7 Å². The Morgan fingerprint density at radius 3 is 2.45 bits per heavy atom. The number of thioether (sulfide) groups is 1. The minimum atomic E-state index is -3.52. The Balaban J connectivity index is 1.56. The molecule has 0 aliphatic carbocycles. The number of amides is 2. The van der Waals surface area contributed by atoms with Gasteiger partial charge in [0, 0.05) is 43.6 Å². The number of sulfonamides is 1. The third-order valence-corrected chi connectivity index (χ3v) is 8.28. The third-order valence-electron chi connectivity index (χ3n) is 5.46. The van der Waals surface area contributed by atoms with Crippen molar-refractivity contribution in [2.75, 3.05) is 37.2 Å². The largest absolute Gasteiger partial charge is 0.339 e. The summed E-state index contributed by atoms with van der Waals surface area (Å²) in [7, 11) is -3.52. The standard InChI is InChI=1S/C23H30N4O4S2/c1-3-26(4-2)23(29)18-9-8-10-19(15-18)25-21(28)17-32-22-12-11-20(16-24-22)33(30,31)27-13-6-5-7-14-27/h8-12,15-16H,3-7,13-14,17H2,1-2H3,(H,25,28). The van der Waals surface area contributed by atoms with Crippen LogP contribution in [0.3, 0.4) is 0 Å². The zero-order chi connectivity index (χ0) is 23.8. The summed E-state index contributed by atoms with van der Waals surface area (Å²) in [4.78, 5) is 31.0. The molecule has 1 fully saturated rings. The second kappa shape index (κ2) is 11.6. The Morgan fingerprint density at radius 1 is 1.09 bits per heavy atom. The van der Waals surface area contributed by atoms with Crippen LogP contribution in [0.5, 0.6) is 0 Å². The number of hydrogen-bond acceptors (Lipinski definition) is 6. The van der Waals surface area contributed by atoms with Crippen LogP contribution in [0.25, 0.3) is 0 Å². The first-order valence-corrected chi connectivity index (χ1v) is 13.6. The molecule has 2 heterocycles. The number of hydrogen-bond donors (Lipinski definition) is 1. The lowest BCUT2D eigenvalue weighted by Gasteiger charge is -2.25. The summed E-state index contributed by atoms with van der Waals surface area (Å²) in [5, 5.41) is 3.36. The van der Waals surface area contributed by atoms with E-state index in [1.807, 2.05) is 13.8 Å². The van der Waals surface area contributed by atoms with Crippen molar-refractivity contribution in [3.63, 3.8) is 0 Å². The molecule has 0 atom stereocenters. The summed E-state index contributed by atoms with van der Waals surface area (Å²) in [5.74, 6) is -0.201. The molecule has 0 radical (unpaired) electrons. The summed E-state index contributed by atoms with van der Waals surface area (Å²) in [6.07, 6.45) is 4.16. The highest BCUT2D eigenvalue weighted by molar-refractivity contribution is 7.99. The molecule has 1 aromatic carbocycles. The molecule has 3 rings (SSSR count). The van der Waals surface area contributed by atoms with Crippen LogP contribution in [-0.4, -0.2) is 66.4 Å². The fourth-order valence-electron chi connectivity index (χ4n) is 3.62. The van der Waals surface area contributed by atoms with Crippen molar-refractivity contribution in [3.8, 4) is 0 Å². The van der Waals surface area contributed by atoms with Gasteiger partial charge >= 0.3 is 0 Å². The Hall–Kier alpha value is -2.43. The Kier molecular flexibility index (Phi) is 8.87. The van der Waals surface area contributed by atoms with E-state index in [9.17, 15) is 18.0 Å². The molecule has 0 saturated carbocycles. The van der Waals surface area contributed by atoms with E-state index >= 15 is 0 Å². The first-order valence-electron chi connectivity index (χ1n) is 11.1. The van der Waals surface area contributed by atoms with Gasteiger partial charge < -0.3 is 10.2 Å². The van der Waals surface area contributed by atoms with Crippen molar-refractivity contribution in [1.82, 2.24) is 14.2 Å². The molecule has 33 heavy (non-hydrogen) atoms. The Bertz CT molecular complexity index is 1060. The molecule has 0 spiro atoms. The van der Waals surface area contributed by atoms with Crippen LogP contribution < -0.4 is 5.32 Å². The van der Waals surface area contributed by atoms with E-state index in [4.69, 9.17) is 0 Å². The Labute approximate surface area is 199 Å². The number of anilines is 1. The first-order chi connectivity index (χ1) is 15.8.